The van der Waals surface area contributed by atoms with Gasteiger partial charge in [-0.15, -0.1) is 0 Å². The van der Waals surface area contributed by atoms with Crippen LogP contribution in [0.5, 0.6) is 0 Å². The van der Waals surface area contributed by atoms with Crippen molar-refractivity contribution in [2.45, 2.75) is 51.2 Å². The summed E-state index contributed by atoms with van der Waals surface area (Å²) in [7, 11) is 0. The van der Waals surface area contributed by atoms with E-state index < -0.39 is 0 Å². The van der Waals surface area contributed by atoms with E-state index in [0.717, 1.165) is 73.4 Å². The molecular formula is C23H26ClN5O2. The summed E-state index contributed by atoms with van der Waals surface area (Å²) in [5, 5.41) is 11.3. The lowest BCUT2D eigenvalue weighted by molar-refractivity contribution is 0.0950. The highest BCUT2D eigenvalue weighted by molar-refractivity contribution is 6.29. The maximum Gasteiger partial charge on any atom is 0.251 e. The van der Waals surface area contributed by atoms with Crippen LogP contribution in [0.4, 0.5) is 5.69 Å². The van der Waals surface area contributed by atoms with Crippen LogP contribution in [0.25, 0.3) is 16.9 Å². The number of benzene rings is 1. The van der Waals surface area contributed by atoms with Crippen molar-refractivity contribution in [2.24, 2.45) is 0 Å². The molecule has 1 saturated carbocycles. The first-order valence-corrected chi connectivity index (χ1v) is 11.3. The van der Waals surface area contributed by atoms with Gasteiger partial charge in [-0.1, -0.05) is 17.7 Å². The molecule has 2 fully saturated rings. The molecule has 2 aliphatic rings. The minimum absolute atomic E-state index is 0.0106. The third-order valence-electron chi connectivity index (χ3n) is 5.92. The molecular weight excluding hydrogens is 414 g/mol. The molecule has 1 atom stereocenters. The van der Waals surface area contributed by atoms with Crippen LogP contribution in [0.3, 0.4) is 0 Å². The Morgan fingerprint density at radius 2 is 2.16 bits per heavy atom. The molecule has 0 unspecified atom stereocenters. The molecule has 0 spiro atoms. The van der Waals surface area contributed by atoms with Gasteiger partial charge in [0.2, 0.25) is 0 Å². The van der Waals surface area contributed by atoms with E-state index in [0.29, 0.717) is 22.9 Å². The molecule has 2 N–H and O–H groups in total. The molecule has 7 nitrogen and oxygen atoms in total. The zero-order valence-electron chi connectivity index (χ0n) is 17.5. The Labute approximate surface area is 186 Å². The van der Waals surface area contributed by atoms with E-state index in [9.17, 15) is 4.79 Å². The van der Waals surface area contributed by atoms with Gasteiger partial charge in [0.05, 0.1) is 23.7 Å². The van der Waals surface area contributed by atoms with Crippen molar-refractivity contribution >= 4 is 28.8 Å². The molecule has 162 valence electrons. The van der Waals surface area contributed by atoms with Gasteiger partial charge in [-0.2, -0.15) is 5.10 Å². The summed E-state index contributed by atoms with van der Waals surface area (Å²) < 4.78 is 7.46. The van der Waals surface area contributed by atoms with Crippen LogP contribution >= 0.6 is 11.6 Å². The lowest BCUT2D eigenvalue weighted by Gasteiger charge is -2.12. The zero-order valence-corrected chi connectivity index (χ0v) is 18.3. The molecule has 8 heteroatoms. The van der Waals surface area contributed by atoms with Crippen LogP contribution in [-0.2, 0) is 4.74 Å². The van der Waals surface area contributed by atoms with Gasteiger partial charge < -0.3 is 15.4 Å². The highest BCUT2D eigenvalue weighted by atomic mass is 35.5. The number of carbonyl (C=O) groups excluding carboxylic acids is 1. The highest BCUT2D eigenvalue weighted by Crippen LogP contribution is 2.28. The summed E-state index contributed by atoms with van der Waals surface area (Å²) in [5.41, 5.74) is 4.96. The number of anilines is 1. The fourth-order valence-electron chi connectivity index (χ4n) is 4.07. The summed E-state index contributed by atoms with van der Waals surface area (Å²) in [6, 6.07) is 7.94. The van der Waals surface area contributed by atoms with E-state index >= 15 is 0 Å². The molecule has 0 bridgehead atoms. The first-order valence-electron chi connectivity index (χ1n) is 10.9. The quantitative estimate of drug-likeness (QED) is 0.575. The van der Waals surface area contributed by atoms with Crippen LogP contribution in [0.1, 0.15) is 48.0 Å². The van der Waals surface area contributed by atoms with Crippen LogP contribution < -0.4 is 10.6 Å². The van der Waals surface area contributed by atoms with Gasteiger partial charge >= 0.3 is 0 Å². The normalized spacial score (nSPS) is 18.5. The lowest BCUT2D eigenvalue weighted by atomic mass is 10.0. The summed E-state index contributed by atoms with van der Waals surface area (Å²) in [4.78, 5) is 17.0. The molecule has 31 heavy (non-hydrogen) atoms. The SMILES string of the molecule is Cc1cc(-c2cnc3c(NCC[C@H]4CCCO4)cc(Cl)nn23)ccc1C(=O)NC1CC1. The summed E-state index contributed by atoms with van der Waals surface area (Å²) in [6.45, 7) is 3.60. The molecule has 3 aromatic rings. The van der Waals surface area contributed by atoms with Gasteiger partial charge in [-0.05, 0) is 56.7 Å². The van der Waals surface area contributed by atoms with E-state index in [4.69, 9.17) is 16.3 Å². The molecule has 1 aliphatic carbocycles. The second-order valence-corrected chi connectivity index (χ2v) is 8.77. The number of aryl methyl sites for hydroxylation is 1. The molecule has 1 amide bonds. The largest absolute Gasteiger partial charge is 0.382 e. The molecule has 2 aromatic heterocycles. The van der Waals surface area contributed by atoms with Crippen molar-refractivity contribution in [1.82, 2.24) is 19.9 Å². The van der Waals surface area contributed by atoms with Crippen LogP contribution in [0.2, 0.25) is 5.15 Å². The van der Waals surface area contributed by atoms with Gasteiger partial charge in [-0.3, -0.25) is 4.79 Å². The van der Waals surface area contributed by atoms with Crippen molar-refractivity contribution in [3.63, 3.8) is 0 Å². The number of ether oxygens (including phenoxy) is 1. The molecule has 5 rings (SSSR count). The maximum atomic E-state index is 12.4. The average molecular weight is 440 g/mol. The van der Waals surface area contributed by atoms with Crippen LogP contribution in [-0.4, -0.2) is 45.8 Å². The second kappa shape index (κ2) is 8.48. The van der Waals surface area contributed by atoms with Gasteiger partial charge in [0.1, 0.15) is 0 Å². The fourth-order valence-corrected chi connectivity index (χ4v) is 4.26. The topological polar surface area (TPSA) is 80.6 Å². The molecule has 3 heterocycles. The van der Waals surface area contributed by atoms with Crippen molar-refractivity contribution < 1.29 is 9.53 Å². The van der Waals surface area contributed by atoms with Crippen molar-refractivity contribution in [1.29, 1.82) is 0 Å². The van der Waals surface area contributed by atoms with E-state index in [1.807, 2.05) is 25.1 Å². The number of fused-ring (bicyclic) bond motifs is 1. The number of carbonyl (C=O) groups is 1. The second-order valence-electron chi connectivity index (χ2n) is 8.39. The van der Waals surface area contributed by atoms with Crippen LogP contribution in [0.15, 0.2) is 30.5 Å². The highest BCUT2D eigenvalue weighted by Gasteiger charge is 2.24. The van der Waals surface area contributed by atoms with Crippen molar-refractivity contribution in [2.75, 3.05) is 18.5 Å². The minimum atomic E-state index is -0.0106. The van der Waals surface area contributed by atoms with Crippen molar-refractivity contribution in [3.8, 4) is 11.3 Å². The number of rotatable bonds is 7. The van der Waals surface area contributed by atoms with Gasteiger partial charge in [0, 0.05) is 36.4 Å². The monoisotopic (exact) mass is 439 g/mol. The van der Waals surface area contributed by atoms with Gasteiger partial charge in [-0.25, -0.2) is 9.50 Å². The summed E-state index contributed by atoms with van der Waals surface area (Å²) >= 11 is 6.32. The Morgan fingerprint density at radius 3 is 2.90 bits per heavy atom. The first-order chi connectivity index (χ1) is 15.1. The smallest absolute Gasteiger partial charge is 0.251 e. The number of nitrogens with one attached hydrogen (secondary N) is 2. The Hall–Kier alpha value is -2.64. The minimum Gasteiger partial charge on any atom is -0.382 e. The number of halogens is 1. The predicted octanol–water partition coefficient (Wildman–Crippen LogP) is 4.23. The number of aromatic nitrogens is 3. The number of hydrogen-bond donors (Lipinski definition) is 2. The predicted molar refractivity (Wildman–Crippen MR) is 121 cm³/mol. The number of hydrogen-bond acceptors (Lipinski definition) is 5. The summed E-state index contributed by atoms with van der Waals surface area (Å²) in [6.07, 6.45) is 7.47. The van der Waals surface area contributed by atoms with Gasteiger partial charge in [0.25, 0.3) is 5.91 Å². The Morgan fingerprint density at radius 1 is 1.29 bits per heavy atom. The Bertz CT molecular complexity index is 1120. The van der Waals surface area contributed by atoms with Crippen LogP contribution in [0, 0.1) is 6.92 Å². The zero-order chi connectivity index (χ0) is 21.4. The third-order valence-corrected chi connectivity index (χ3v) is 6.11. The van der Waals surface area contributed by atoms with E-state index in [-0.39, 0.29) is 5.91 Å². The van der Waals surface area contributed by atoms with Crippen molar-refractivity contribution in [3.05, 3.63) is 46.7 Å². The maximum absolute atomic E-state index is 12.4. The Kier molecular flexibility index (Phi) is 5.54. The lowest BCUT2D eigenvalue weighted by Crippen LogP contribution is -2.26. The van der Waals surface area contributed by atoms with E-state index in [1.54, 1.807) is 16.8 Å². The fraction of sp³-hybridized carbons (Fsp3) is 0.435. The average Bonchev–Trinajstić information content (AvgIpc) is 3.23. The summed E-state index contributed by atoms with van der Waals surface area (Å²) in [5.74, 6) is -0.0106. The molecule has 1 saturated heterocycles. The Balaban J connectivity index is 1.39. The van der Waals surface area contributed by atoms with E-state index in [2.05, 4.69) is 20.7 Å². The van der Waals surface area contributed by atoms with E-state index in [1.165, 1.54) is 0 Å². The molecule has 1 aliphatic heterocycles. The standard InChI is InChI=1S/C23H26ClN5O2/c1-14-11-15(4-7-18(14)23(30)27-16-5-6-16)20-13-26-22-19(12-21(24)28-29(20)22)25-9-8-17-3-2-10-31-17/h4,7,11-13,16-17,25H,2-3,5-6,8-10H2,1H3,(H,27,30)/t17-/m1/s1. The molecule has 0 radical (unpaired) electrons. The number of imidazole rings is 1. The third kappa shape index (κ3) is 4.38. The molecule has 1 aromatic carbocycles. The first kappa shape index (κ1) is 20.3. The number of nitrogens with zero attached hydrogens (tertiary/aromatic N) is 3. The number of amides is 1. The van der Waals surface area contributed by atoms with Gasteiger partial charge in [0.15, 0.2) is 10.8 Å².